The van der Waals surface area contributed by atoms with Crippen LogP contribution < -0.4 is 5.73 Å². The maximum absolute atomic E-state index is 5.76. The molecule has 0 unspecified atom stereocenters. The van der Waals surface area contributed by atoms with Crippen molar-refractivity contribution in [3.05, 3.63) is 29.6 Å². The molecule has 1 aliphatic carbocycles. The fourth-order valence-electron chi connectivity index (χ4n) is 2.24. The van der Waals surface area contributed by atoms with Gasteiger partial charge in [-0.15, -0.1) is 0 Å². The largest absolute Gasteiger partial charge is 0.369 e. The molecular weight excluding hydrogens is 174 g/mol. The summed E-state index contributed by atoms with van der Waals surface area (Å²) in [5.41, 5.74) is 9.79. The lowest BCUT2D eigenvalue weighted by molar-refractivity contribution is 0.682. The molecule has 3 rings (SSSR count). The van der Waals surface area contributed by atoms with Crippen LogP contribution in [0.2, 0.25) is 0 Å². The van der Waals surface area contributed by atoms with Gasteiger partial charge in [-0.1, -0.05) is 0 Å². The molecule has 2 N–H and O–H groups in total. The highest BCUT2D eigenvalue weighted by Crippen LogP contribution is 2.23. The summed E-state index contributed by atoms with van der Waals surface area (Å²) >= 11 is 0. The van der Waals surface area contributed by atoms with Gasteiger partial charge in [0.1, 0.15) is 0 Å². The third-order valence-corrected chi connectivity index (χ3v) is 3.02. The number of imidazole rings is 1. The van der Waals surface area contributed by atoms with Crippen LogP contribution in [-0.2, 0) is 12.8 Å². The molecule has 0 saturated carbocycles. The molecule has 0 radical (unpaired) electrons. The topological polar surface area (TPSA) is 43.3 Å². The van der Waals surface area contributed by atoms with Crippen molar-refractivity contribution in [3.63, 3.8) is 0 Å². The molecule has 0 aromatic carbocycles. The zero-order valence-corrected chi connectivity index (χ0v) is 8.03. The molecule has 1 aliphatic rings. The molecular formula is C11H13N3. The summed E-state index contributed by atoms with van der Waals surface area (Å²) in [6, 6.07) is 2.22. The Bertz CT molecular complexity index is 484. The monoisotopic (exact) mass is 187 g/mol. The SMILES string of the molecule is Nc1ncc2cc3c(cn12)CCCC3. The Morgan fingerprint density at radius 3 is 2.86 bits per heavy atom. The minimum absolute atomic E-state index is 0.591. The van der Waals surface area contributed by atoms with Crippen LogP contribution in [0.1, 0.15) is 24.0 Å². The first kappa shape index (κ1) is 7.85. The van der Waals surface area contributed by atoms with E-state index in [1.807, 2.05) is 10.6 Å². The van der Waals surface area contributed by atoms with Crippen LogP contribution in [0.5, 0.6) is 0 Å². The zero-order valence-electron chi connectivity index (χ0n) is 8.03. The predicted octanol–water partition coefficient (Wildman–Crippen LogP) is 1.80. The van der Waals surface area contributed by atoms with Gasteiger partial charge in [0.15, 0.2) is 0 Å². The number of hydrogen-bond acceptors (Lipinski definition) is 2. The first-order valence-electron chi connectivity index (χ1n) is 5.09. The Kier molecular flexibility index (Phi) is 1.54. The molecule has 2 aromatic rings. The van der Waals surface area contributed by atoms with E-state index in [0.29, 0.717) is 5.95 Å². The molecule has 72 valence electrons. The van der Waals surface area contributed by atoms with E-state index in [4.69, 9.17) is 5.73 Å². The van der Waals surface area contributed by atoms with Crippen molar-refractivity contribution in [2.75, 3.05) is 5.73 Å². The minimum atomic E-state index is 0.591. The minimum Gasteiger partial charge on any atom is -0.369 e. The van der Waals surface area contributed by atoms with Crippen LogP contribution in [-0.4, -0.2) is 9.38 Å². The van der Waals surface area contributed by atoms with Crippen LogP contribution in [0.4, 0.5) is 5.95 Å². The Hall–Kier alpha value is -1.51. The van der Waals surface area contributed by atoms with E-state index in [9.17, 15) is 0 Å². The molecule has 2 aromatic heterocycles. The second-order valence-electron chi connectivity index (χ2n) is 3.94. The molecule has 3 nitrogen and oxygen atoms in total. The highest BCUT2D eigenvalue weighted by molar-refractivity contribution is 5.54. The molecule has 2 heterocycles. The van der Waals surface area contributed by atoms with Crippen molar-refractivity contribution in [2.45, 2.75) is 25.7 Å². The van der Waals surface area contributed by atoms with E-state index < -0.39 is 0 Å². The van der Waals surface area contributed by atoms with Crippen molar-refractivity contribution >= 4 is 11.5 Å². The second-order valence-corrected chi connectivity index (χ2v) is 3.94. The van der Waals surface area contributed by atoms with Crippen LogP contribution >= 0.6 is 0 Å². The van der Waals surface area contributed by atoms with Gasteiger partial charge in [0.25, 0.3) is 0 Å². The van der Waals surface area contributed by atoms with Gasteiger partial charge in [-0.3, -0.25) is 4.40 Å². The van der Waals surface area contributed by atoms with Crippen LogP contribution in [0.25, 0.3) is 5.52 Å². The summed E-state index contributed by atoms with van der Waals surface area (Å²) in [5, 5.41) is 0. The van der Waals surface area contributed by atoms with Gasteiger partial charge in [0.2, 0.25) is 5.95 Å². The maximum atomic E-state index is 5.76. The summed E-state index contributed by atoms with van der Waals surface area (Å²) in [6.07, 6.45) is 8.98. The summed E-state index contributed by atoms with van der Waals surface area (Å²) in [7, 11) is 0. The highest BCUT2D eigenvalue weighted by Gasteiger charge is 2.11. The third kappa shape index (κ3) is 1.02. The van der Waals surface area contributed by atoms with E-state index in [2.05, 4.69) is 17.2 Å². The van der Waals surface area contributed by atoms with Gasteiger partial charge in [-0.05, 0) is 42.9 Å². The number of aryl methyl sites for hydroxylation is 2. The van der Waals surface area contributed by atoms with Gasteiger partial charge in [-0.2, -0.15) is 0 Å². The molecule has 0 atom stereocenters. The van der Waals surface area contributed by atoms with Crippen molar-refractivity contribution in [3.8, 4) is 0 Å². The fourth-order valence-corrected chi connectivity index (χ4v) is 2.24. The first-order valence-corrected chi connectivity index (χ1v) is 5.09. The van der Waals surface area contributed by atoms with Gasteiger partial charge < -0.3 is 5.73 Å². The predicted molar refractivity (Wildman–Crippen MR) is 56.2 cm³/mol. The molecule has 0 saturated heterocycles. The standard InChI is InChI=1S/C11H13N3/c12-11-13-6-10-5-8-3-1-2-4-9(8)7-14(10)11/h5-7H,1-4H2,(H2,12,13). The van der Waals surface area contributed by atoms with Crippen LogP contribution in [0.15, 0.2) is 18.5 Å². The first-order chi connectivity index (χ1) is 6.84. The normalized spacial score (nSPS) is 15.7. The number of nitrogen functional groups attached to an aromatic ring is 1. The number of pyridine rings is 1. The maximum Gasteiger partial charge on any atom is 0.204 e. The van der Waals surface area contributed by atoms with E-state index in [1.165, 1.54) is 36.8 Å². The number of rotatable bonds is 0. The van der Waals surface area contributed by atoms with Gasteiger partial charge in [0, 0.05) is 6.20 Å². The number of anilines is 1. The van der Waals surface area contributed by atoms with Crippen molar-refractivity contribution in [2.24, 2.45) is 0 Å². The number of fused-ring (bicyclic) bond motifs is 2. The molecule has 0 bridgehead atoms. The Balaban J connectivity index is 2.29. The summed E-state index contributed by atoms with van der Waals surface area (Å²) in [4.78, 5) is 4.11. The number of nitrogens with zero attached hydrogens (tertiary/aromatic N) is 2. The van der Waals surface area contributed by atoms with Crippen LogP contribution in [0.3, 0.4) is 0 Å². The zero-order chi connectivity index (χ0) is 9.54. The summed E-state index contributed by atoms with van der Waals surface area (Å²) in [6.45, 7) is 0. The van der Waals surface area contributed by atoms with Gasteiger partial charge >= 0.3 is 0 Å². The molecule has 14 heavy (non-hydrogen) atoms. The molecule has 0 fully saturated rings. The van der Waals surface area contributed by atoms with Crippen LogP contribution in [0, 0.1) is 0 Å². The quantitative estimate of drug-likeness (QED) is 0.683. The van der Waals surface area contributed by atoms with Crippen molar-refractivity contribution in [1.82, 2.24) is 9.38 Å². The van der Waals surface area contributed by atoms with E-state index in [-0.39, 0.29) is 0 Å². The van der Waals surface area contributed by atoms with Gasteiger partial charge in [-0.25, -0.2) is 4.98 Å². The average molecular weight is 187 g/mol. The number of nitrogens with two attached hydrogens (primary N) is 1. The second kappa shape index (κ2) is 2.74. The smallest absolute Gasteiger partial charge is 0.204 e. The number of hydrogen-bond donors (Lipinski definition) is 1. The highest BCUT2D eigenvalue weighted by atomic mass is 15.1. The molecule has 0 amide bonds. The summed E-state index contributed by atoms with van der Waals surface area (Å²) in [5.74, 6) is 0.591. The number of aromatic nitrogens is 2. The summed E-state index contributed by atoms with van der Waals surface area (Å²) < 4.78 is 1.98. The lowest BCUT2D eigenvalue weighted by atomic mass is 9.93. The molecule has 3 heteroatoms. The van der Waals surface area contributed by atoms with Crippen molar-refractivity contribution < 1.29 is 0 Å². The van der Waals surface area contributed by atoms with Crippen molar-refractivity contribution in [1.29, 1.82) is 0 Å². The molecule has 0 spiro atoms. The van der Waals surface area contributed by atoms with E-state index >= 15 is 0 Å². The van der Waals surface area contributed by atoms with E-state index in [0.717, 1.165) is 5.52 Å². The molecule has 0 aliphatic heterocycles. The van der Waals surface area contributed by atoms with Gasteiger partial charge in [0.05, 0.1) is 11.7 Å². The van der Waals surface area contributed by atoms with E-state index in [1.54, 1.807) is 0 Å². The average Bonchev–Trinajstić information content (AvgIpc) is 2.57. The lowest BCUT2D eigenvalue weighted by Crippen LogP contribution is -2.05. The fraction of sp³-hybridized carbons (Fsp3) is 0.364. The Morgan fingerprint density at radius 1 is 1.21 bits per heavy atom. The Labute approximate surface area is 82.6 Å². The Morgan fingerprint density at radius 2 is 2.00 bits per heavy atom. The lowest BCUT2D eigenvalue weighted by Gasteiger charge is -2.15. The third-order valence-electron chi connectivity index (χ3n) is 3.02.